The Labute approximate surface area is 231 Å². The lowest BCUT2D eigenvalue weighted by atomic mass is 10.0. The molecule has 0 unspecified atom stereocenters. The summed E-state index contributed by atoms with van der Waals surface area (Å²) in [6.07, 6.45) is 0.0631. The van der Waals surface area contributed by atoms with E-state index in [1.54, 1.807) is 45.0 Å². The van der Waals surface area contributed by atoms with E-state index in [4.69, 9.17) is 9.47 Å². The quantitative estimate of drug-likeness (QED) is 0.190. The zero-order valence-corrected chi connectivity index (χ0v) is 22.7. The van der Waals surface area contributed by atoms with Crippen molar-refractivity contribution < 1.29 is 23.9 Å². The first-order valence-corrected chi connectivity index (χ1v) is 13.2. The number of nitrogens with one attached hydrogen (secondary N) is 3. The third-order valence-corrected chi connectivity index (χ3v) is 6.33. The molecule has 10 nitrogen and oxygen atoms in total. The van der Waals surface area contributed by atoms with Gasteiger partial charge in [-0.3, -0.25) is 14.4 Å². The van der Waals surface area contributed by atoms with Crippen LogP contribution in [-0.2, 0) is 25.6 Å². The summed E-state index contributed by atoms with van der Waals surface area (Å²) in [5, 5.41) is 8.34. The second kappa shape index (κ2) is 12.9. The number of anilines is 1. The SMILES string of the molecule is CCOC(=O)CC[C@H](NC(=O)c1ccc(NCc2ccc3c(ccc4nc(C)[nH]c(=O)c43)c2)cc1)C(=O)OCC. The highest BCUT2D eigenvalue weighted by atomic mass is 16.5. The van der Waals surface area contributed by atoms with Gasteiger partial charge in [0.1, 0.15) is 11.9 Å². The molecular formula is C30H32N4O6. The van der Waals surface area contributed by atoms with Gasteiger partial charge in [0.15, 0.2) is 0 Å². The fourth-order valence-corrected chi connectivity index (χ4v) is 4.42. The molecule has 10 heteroatoms. The zero-order valence-electron chi connectivity index (χ0n) is 22.7. The molecule has 3 N–H and O–H groups in total. The highest BCUT2D eigenvalue weighted by Crippen LogP contribution is 2.23. The summed E-state index contributed by atoms with van der Waals surface area (Å²) in [6, 6.07) is 15.6. The Balaban J connectivity index is 1.40. The van der Waals surface area contributed by atoms with E-state index >= 15 is 0 Å². The number of hydrogen-bond acceptors (Lipinski definition) is 8. The Morgan fingerprint density at radius 2 is 1.73 bits per heavy atom. The van der Waals surface area contributed by atoms with Crippen molar-refractivity contribution in [3.63, 3.8) is 0 Å². The Kier molecular flexibility index (Phi) is 9.11. The molecule has 0 aliphatic rings. The summed E-state index contributed by atoms with van der Waals surface area (Å²) in [7, 11) is 0. The van der Waals surface area contributed by atoms with Crippen LogP contribution in [0.2, 0.25) is 0 Å². The van der Waals surface area contributed by atoms with Crippen LogP contribution in [-0.4, -0.2) is 47.1 Å². The van der Waals surface area contributed by atoms with E-state index in [0.717, 1.165) is 22.0 Å². The van der Waals surface area contributed by atoms with Gasteiger partial charge < -0.3 is 25.1 Å². The van der Waals surface area contributed by atoms with Crippen molar-refractivity contribution in [2.45, 2.75) is 46.2 Å². The Bertz CT molecular complexity index is 1600. The Morgan fingerprint density at radius 1 is 0.975 bits per heavy atom. The summed E-state index contributed by atoms with van der Waals surface area (Å²) in [5.41, 5.74) is 2.69. The third kappa shape index (κ3) is 6.82. The number of hydrogen-bond donors (Lipinski definition) is 3. The number of carbonyl (C=O) groups excluding carboxylic acids is 3. The second-order valence-corrected chi connectivity index (χ2v) is 9.22. The predicted molar refractivity (Wildman–Crippen MR) is 152 cm³/mol. The Hall–Kier alpha value is -4.73. The van der Waals surface area contributed by atoms with Crippen molar-refractivity contribution in [2.24, 2.45) is 0 Å². The normalized spacial score (nSPS) is 11.7. The lowest BCUT2D eigenvalue weighted by Gasteiger charge is -2.17. The minimum Gasteiger partial charge on any atom is -0.466 e. The molecule has 40 heavy (non-hydrogen) atoms. The first-order chi connectivity index (χ1) is 19.3. The third-order valence-electron chi connectivity index (χ3n) is 6.33. The zero-order chi connectivity index (χ0) is 28.6. The van der Waals surface area contributed by atoms with Gasteiger partial charge in [0.25, 0.3) is 11.5 Å². The van der Waals surface area contributed by atoms with Crippen LogP contribution in [0, 0.1) is 6.92 Å². The number of aromatic amines is 1. The van der Waals surface area contributed by atoms with Crippen LogP contribution >= 0.6 is 0 Å². The molecule has 0 aliphatic heterocycles. The number of rotatable bonds is 11. The maximum atomic E-state index is 12.8. The van der Waals surface area contributed by atoms with Gasteiger partial charge in [-0.2, -0.15) is 0 Å². The predicted octanol–water partition coefficient (Wildman–Crippen LogP) is 4.00. The summed E-state index contributed by atoms with van der Waals surface area (Å²) in [5.74, 6) is -0.913. The van der Waals surface area contributed by atoms with Crippen LogP contribution in [0.4, 0.5) is 5.69 Å². The average molecular weight is 545 g/mol. The summed E-state index contributed by atoms with van der Waals surface area (Å²) in [6.45, 7) is 6.06. The molecule has 0 radical (unpaired) electrons. The van der Waals surface area contributed by atoms with Gasteiger partial charge >= 0.3 is 11.9 Å². The maximum Gasteiger partial charge on any atom is 0.328 e. The van der Waals surface area contributed by atoms with E-state index in [9.17, 15) is 19.2 Å². The molecule has 0 aliphatic carbocycles. The van der Waals surface area contributed by atoms with Crippen LogP contribution in [0.15, 0.2) is 59.4 Å². The number of fused-ring (bicyclic) bond motifs is 3. The largest absolute Gasteiger partial charge is 0.466 e. The number of ether oxygens (including phenoxy) is 2. The lowest BCUT2D eigenvalue weighted by molar-refractivity contribution is -0.146. The van der Waals surface area contributed by atoms with Crippen LogP contribution in [0.5, 0.6) is 0 Å². The van der Waals surface area contributed by atoms with Crippen molar-refractivity contribution >= 4 is 45.2 Å². The molecule has 0 fully saturated rings. The van der Waals surface area contributed by atoms with Crippen LogP contribution in [0.1, 0.15) is 48.4 Å². The first kappa shape index (κ1) is 28.3. The number of benzene rings is 3. The summed E-state index contributed by atoms with van der Waals surface area (Å²) < 4.78 is 9.96. The maximum absolute atomic E-state index is 12.8. The molecule has 208 valence electrons. The minimum absolute atomic E-state index is 0.0154. The number of nitrogens with zero attached hydrogens (tertiary/aromatic N) is 1. The van der Waals surface area contributed by atoms with E-state index in [-0.39, 0.29) is 31.6 Å². The van der Waals surface area contributed by atoms with E-state index in [1.165, 1.54) is 0 Å². The summed E-state index contributed by atoms with van der Waals surface area (Å²) >= 11 is 0. The van der Waals surface area contributed by atoms with Gasteiger partial charge in [0, 0.05) is 24.2 Å². The number of aryl methyl sites for hydroxylation is 1. The first-order valence-electron chi connectivity index (χ1n) is 13.2. The van der Waals surface area contributed by atoms with E-state index < -0.39 is 23.9 Å². The molecule has 1 aromatic heterocycles. The molecule has 4 rings (SSSR count). The van der Waals surface area contributed by atoms with Crippen molar-refractivity contribution in [3.8, 4) is 0 Å². The lowest BCUT2D eigenvalue weighted by Crippen LogP contribution is -2.42. The molecule has 3 aromatic carbocycles. The Morgan fingerprint density at radius 3 is 2.45 bits per heavy atom. The molecule has 0 saturated carbocycles. The van der Waals surface area contributed by atoms with Gasteiger partial charge in [-0.05, 0) is 79.9 Å². The van der Waals surface area contributed by atoms with Gasteiger partial charge in [0.05, 0.1) is 24.1 Å². The number of esters is 2. The minimum atomic E-state index is -0.963. The van der Waals surface area contributed by atoms with Crippen molar-refractivity contribution in [1.82, 2.24) is 15.3 Å². The molecule has 1 heterocycles. The van der Waals surface area contributed by atoms with Gasteiger partial charge in [0.2, 0.25) is 0 Å². The van der Waals surface area contributed by atoms with Gasteiger partial charge in [-0.1, -0.05) is 18.2 Å². The summed E-state index contributed by atoms with van der Waals surface area (Å²) in [4.78, 5) is 56.5. The highest BCUT2D eigenvalue weighted by Gasteiger charge is 2.24. The molecule has 0 spiro atoms. The van der Waals surface area contributed by atoms with E-state index in [2.05, 4.69) is 20.6 Å². The van der Waals surface area contributed by atoms with Crippen molar-refractivity contribution in [1.29, 1.82) is 0 Å². The number of carbonyl (C=O) groups is 3. The average Bonchev–Trinajstić information content (AvgIpc) is 2.94. The molecule has 1 amide bonds. The molecule has 0 bridgehead atoms. The van der Waals surface area contributed by atoms with E-state index in [1.807, 2.05) is 30.3 Å². The number of amides is 1. The monoisotopic (exact) mass is 544 g/mol. The van der Waals surface area contributed by atoms with Gasteiger partial charge in [-0.15, -0.1) is 0 Å². The second-order valence-electron chi connectivity index (χ2n) is 9.22. The standard InChI is InChI=1S/C30H32N4O6/c1-4-39-26(35)15-14-25(30(38)40-5-2)34-28(36)20-7-10-22(11-8-20)31-17-19-6-12-23-21(16-19)9-13-24-27(23)29(37)33-18(3)32-24/h6-13,16,25,31H,4-5,14-15,17H2,1-3H3,(H,34,36)(H,32,33,37)/t25-/m0/s1. The van der Waals surface area contributed by atoms with Crippen molar-refractivity contribution in [3.05, 3.63) is 81.9 Å². The molecule has 1 atom stereocenters. The van der Waals surface area contributed by atoms with Crippen LogP contribution < -0.4 is 16.2 Å². The fourth-order valence-electron chi connectivity index (χ4n) is 4.42. The molecule has 4 aromatic rings. The fraction of sp³-hybridized carbons (Fsp3) is 0.300. The van der Waals surface area contributed by atoms with Gasteiger partial charge in [-0.25, -0.2) is 9.78 Å². The van der Waals surface area contributed by atoms with Crippen LogP contribution in [0.25, 0.3) is 21.7 Å². The molecular weight excluding hydrogens is 512 g/mol. The number of H-pyrrole nitrogens is 1. The smallest absolute Gasteiger partial charge is 0.328 e. The number of aromatic nitrogens is 2. The highest BCUT2D eigenvalue weighted by molar-refractivity contribution is 6.05. The van der Waals surface area contributed by atoms with Crippen molar-refractivity contribution in [2.75, 3.05) is 18.5 Å². The topological polar surface area (TPSA) is 139 Å². The van der Waals surface area contributed by atoms with Crippen LogP contribution in [0.3, 0.4) is 0 Å². The van der Waals surface area contributed by atoms with E-state index in [0.29, 0.717) is 28.8 Å². The molecule has 0 saturated heterocycles.